The van der Waals surface area contributed by atoms with Crippen LogP contribution in [0.5, 0.6) is 17.2 Å². The number of carbonyl (C=O) groups is 3. The van der Waals surface area contributed by atoms with Crippen LogP contribution in [0.15, 0.2) is 12.1 Å². The second-order valence-corrected chi connectivity index (χ2v) is 7.31. The molecule has 1 aromatic rings. The van der Waals surface area contributed by atoms with E-state index in [0.717, 1.165) is 11.8 Å². The fourth-order valence-corrected chi connectivity index (χ4v) is 4.18. The van der Waals surface area contributed by atoms with Crippen LogP contribution in [0.4, 0.5) is 15.3 Å². The molecule has 2 aliphatic heterocycles. The van der Waals surface area contributed by atoms with Gasteiger partial charge in [-0.1, -0.05) is 11.8 Å². The number of urea groups is 1. The summed E-state index contributed by atoms with van der Waals surface area (Å²) in [4.78, 5) is 39.4. The number of likely N-dealkylation sites (tertiary alicyclic amines) is 1. The molecule has 1 N–H and O–H groups in total. The van der Waals surface area contributed by atoms with E-state index in [2.05, 4.69) is 5.32 Å². The second-order valence-electron chi connectivity index (χ2n) is 6.38. The van der Waals surface area contributed by atoms with Gasteiger partial charge < -0.3 is 24.4 Å². The Morgan fingerprint density at radius 3 is 2.14 bits per heavy atom. The molecule has 0 aromatic heterocycles. The Hall–Kier alpha value is -2.62. The van der Waals surface area contributed by atoms with Crippen molar-refractivity contribution in [2.24, 2.45) is 0 Å². The lowest BCUT2D eigenvalue weighted by molar-refractivity contribution is -0.126. The van der Waals surface area contributed by atoms with Crippen molar-refractivity contribution in [2.45, 2.75) is 18.9 Å². The van der Waals surface area contributed by atoms with Gasteiger partial charge in [-0.3, -0.25) is 14.5 Å². The van der Waals surface area contributed by atoms with Gasteiger partial charge in [-0.15, -0.1) is 0 Å². The van der Waals surface area contributed by atoms with Crippen LogP contribution >= 0.6 is 11.8 Å². The van der Waals surface area contributed by atoms with Crippen molar-refractivity contribution in [1.82, 2.24) is 9.80 Å². The van der Waals surface area contributed by atoms with Crippen LogP contribution < -0.4 is 19.5 Å². The number of imide groups is 1. The number of hydrogen-bond acceptors (Lipinski definition) is 7. The maximum Gasteiger partial charge on any atom is 0.321 e. The normalized spacial score (nSPS) is 17.7. The molecule has 2 fully saturated rings. The zero-order valence-electron chi connectivity index (χ0n) is 16.0. The van der Waals surface area contributed by atoms with Crippen LogP contribution in [-0.2, 0) is 4.79 Å². The quantitative estimate of drug-likeness (QED) is 0.797. The molecule has 0 atom stereocenters. The van der Waals surface area contributed by atoms with Crippen molar-refractivity contribution >= 4 is 34.6 Å². The van der Waals surface area contributed by atoms with Gasteiger partial charge in [-0.05, 0) is 12.8 Å². The molecular formula is C18H23N3O6S. The summed E-state index contributed by atoms with van der Waals surface area (Å²) in [6.45, 7) is 0.922. The third-order valence-corrected chi connectivity index (χ3v) is 5.65. The number of ether oxygens (including phenoxy) is 3. The lowest BCUT2D eigenvalue weighted by Crippen LogP contribution is -2.49. The Bertz CT molecular complexity index is 738. The maximum absolute atomic E-state index is 12.6. The average Bonchev–Trinajstić information content (AvgIpc) is 3.05. The monoisotopic (exact) mass is 409 g/mol. The molecule has 0 saturated carbocycles. The number of carbonyl (C=O) groups excluding carboxylic acids is 3. The third kappa shape index (κ3) is 3.96. The number of nitrogens with one attached hydrogen (secondary N) is 1. The van der Waals surface area contributed by atoms with E-state index in [-0.39, 0.29) is 29.0 Å². The highest BCUT2D eigenvalue weighted by molar-refractivity contribution is 8.14. The van der Waals surface area contributed by atoms with Crippen molar-refractivity contribution in [3.63, 3.8) is 0 Å². The van der Waals surface area contributed by atoms with Gasteiger partial charge in [-0.25, -0.2) is 4.79 Å². The first kappa shape index (κ1) is 20.1. The first-order chi connectivity index (χ1) is 13.5. The van der Waals surface area contributed by atoms with E-state index in [1.807, 2.05) is 0 Å². The summed E-state index contributed by atoms with van der Waals surface area (Å²) in [5.74, 6) is 1.40. The first-order valence-electron chi connectivity index (χ1n) is 8.83. The molecule has 2 aliphatic rings. The Kier molecular flexibility index (Phi) is 6.18. The largest absolute Gasteiger partial charge is 0.493 e. The summed E-state index contributed by atoms with van der Waals surface area (Å²) < 4.78 is 15.9. The van der Waals surface area contributed by atoms with E-state index in [0.29, 0.717) is 48.9 Å². The van der Waals surface area contributed by atoms with E-state index >= 15 is 0 Å². The number of nitrogens with zero attached hydrogens (tertiary/aromatic N) is 2. The lowest BCUT2D eigenvalue weighted by atomic mass is 10.0. The van der Waals surface area contributed by atoms with Crippen LogP contribution in [0.25, 0.3) is 0 Å². The van der Waals surface area contributed by atoms with Crippen LogP contribution in [0, 0.1) is 0 Å². The summed E-state index contributed by atoms with van der Waals surface area (Å²) in [7, 11) is 4.52. The molecule has 0 unspecified atom stereocenters. The van der Waals surface area contributed by atoms with Crippen molar-refractivity contribution in [3.8, 4) is 17.2 Å². The van der Waals surface area contributed by atoms with Crippen molar-refractivity contribution in [3.05, 3.63) is 12.1 Å². The zero-order chi connectivity index (χ0) is 20.3. The second kappa shape index (κ2) is 8.59. The molecule has 28 heavy (non-hydrogen) atoms. The fraction of sp³-hybridized carbons (Fsp3) is 0.500. The van der Waals surface area contributed by atoms with Gasteiger partial charge in [0.15, 0.2) is 11.5 Å². The lowest BCUT2D eigenvalue weighted by Gasteiger charge is -2.35. The number of amides is 4. The highest BCUT2D eigenvalue weighted by atomic mass is 32.2. The van der Waals surface area contributed by atoms with Gasteiger partial charge in [0.25, 0.3) is 5.24 Å². The molecule has 10 heteroatoms. The maximum atomic E-state index is 12.6. The Labute approximate surface area is 167 Å². The fourth-order valence-electron chi connectivity index (χ4n) is 3.40. The number of methoxy groups -OCH3 is 3. The van der Waals surface area contributed by atoms with Gasteiger partial charge >= 0.3 is 6.03 Å². The van der Waals surface area contributed by atoms with Crippen molar-refractivity contribution < 1.29 is 28.6 Å². The topological polar surface area (TPSA) is 97.4 Å². The predicted molar refractivity (Wildman–Crippen MR) is 104 cm³/mol. The molecule has 2 saturated heterocycles. The molecule has 4 amide bonds. The van der Waals surface area contributed by atoms with E-state index in [9.17, 15) is 14.4 Å². The van der Waals surface area contributed by atoms with Crippen LogP contribution in [-0.4, -0.2) is 73.2 Å². The van der Waals surface area contributed by atoms with Gasteiger partial charge in [0, 0.05) is 31.3 Å². The van der Waals surface area contributed by atoms with Crippen molar-refractivity contribution in [2.75, 3.05) is 45.5 Å². The smallest absolute Gasteiger partial charge is 0.321 e. The molecule has 9 nitrogen and oxygen atoms in total. The Morgan fingerprint density at radius 1 is 1.07 bits per heavy atom. The van der Waals surface area contributed by atoms with E-state index in [1.165, 1.54) is 26.2 Å². The highest BCUT2D eigenvalue weighted by Gasteiger charge is 2.38. The first-order valence-corrected chi connectivity index (χ1v) is 9.81. The SMILES string of the molecule is COc1cc(NC(=O)N2CCC(N3C(=O)CSC3=O)CC2)cc(OC)c1OC. The zero-order valence-corrected chi connectivity index (χ0v) is 16.8. The number of rotatable bonds is 5. The Morgan fingerprint density at radius 2 is 1.68 bits per heavy atom. The molecule has 0 radical (unpaired) electrons. The minimum atomic E-state index is -0.263. The molecule has 1 aromatic carbocycles. The summed E-state index contributed by atoms with van der Waals surface area (Å²) in [6.07, 6.45) is 1.14. The summed E-state index contributed by atoms with van der Waals surface area (Å²) in [6, 6.07) is 2.91. The van der Waals surface area contributed by atoms with Gasteiger partial charge in [0.1, 0.15) is 0 Å². The number of piperidine rings is 1. The highest BCUT2D eigenvalue weighted by Crippen LogP contribution is 2.40. The van der Waals surface area contributed by atoms with Gasteiger partial charge in [0.2, 0.25) is 11.7 Å². The minimum Gasteiger partial charge on any atom is -0.493 e. The standard InChI is InChI=1S/C18H23N3O6S/c1-25-13-8-11(9-14(26-2)16(13)27-3)19-17(23)20-6-4-12(5-7-20)21-15(22)10-28-18(21)24/h8-9,12H,4-7,10H2,1-3H3,(H,19,23). The van der Waals surface area contributed by atoms with E-state index in [1.54, 1.807) is 17.0 Å². The molecule has 0 bridgehead atoms. The number of hydrogen-bond donors (Lipinski definition) is 1. The number of benzene rings is 1. The van der Waals surface area contributed by atoms with Crippen LogP contribution in [0.1, 0.15) is 12.8 Å². The predicted octanol–water partition coefficient (Wildman–Crippen LogP) is 2.40. The molecule has 152 valence electrons. The summed E-state index contributed by atoms with van der Waals surface area (Å²) in [5, 5.41) is 2.64. The molecule has 0 spiro atoms. The average molecular weight is 409 g/mol. The molecular weight excluding hydrogens is 386 g/mol. The van der Waals surface area contributed by atoms with Gasteiger partial charge in [-0.2, -0.15) is 0 Å². The van der Waals surface area contributed by atoms with Gasteiger partial charge in [0.05, 0.1) is 32.8 Å². The third-order valence-electron chi connectivity index (χ3n) is 4.82. The summed E-state index contributed by atoms with van der Waals surface area (Å²) in [5.41, 5.74) is 0.517. The van der Waals surface area contributed by atoms with Crippen LogP contribution in [0.2, 0.25) is 0 Å². The summed E-state index contributed by atoms with van der Waals surface area (Å²) >= 11 is 1.04. The molecule has 0 aliphatic carbocycles. The molecule has 3 rings (SSSR count). The van der Waals surface area contributed by atoms with Crippen molar-refractivity contribution in [1.29, 1.82) is 0 Å². The van der Waals surface area contributed by atoms with E-state index < -0.39 is 0 Å². The Balaban J connectivity index is 1.63. The number of anilines is 1. The minimum absolute atomic E-state index is 0.139. The molecule has 2 heterocycles. The van der Waals surface area contributed by atoms with E-state index in [4.69, 9.17) is 14.2 Å². The van der Waals surface area contributed by atoms with Crippen LogP contribution in [0.3, 0.4) is 0 Å². The number of thioether (sulfide) groups is 1.